The minimum absolute atomic E-state index is 0.118. The molecule has 0 aliphatic carbocycles. The fourth-order valence-corrected chi connectivity index (χ4v) is 3.67. The Morgan fingerprint density at radius 1 is 1.36 bits per heavy atom. The average molecular weight is 497 g/mol. The molecule has 8 heteroatoms. The molecule has 0 unspecified atom stereocenters. The molecule has 2 aromatic rings. The summed E-state index contributed by atoms with van der Waals surface area (Å²) >= 11 is 2.04. The maximum absolute atomic E-state index is 14.4. The fraction of sp³-hybridized carbons (Fsp3) is 0.250. The molecule has 1 aliphatic rings. The van der Waals surface area contributed by atoms with Crippen molar-refractivity contribution in [3.05, 3.63) is 67.6 Å². The SMILES string of the molecule is C=C1C(OCCO)=CN(C)c2c1c(Nc1ccc(I)cc1F)c(C)c(=O)n2C. The van der Waals surface area contributed by atoms with Crippen molar-refractivity contribution in [2.45, 2.75) is 6.92 Å². The number of hydrogen-bond acceptors (Lipinski definition) is 5. The topological polar surface area (TPSA) is 66.7 Å². The molecule has 1 aromatic heterocycles. The second kappa shape index (κ2) is 7.96. The van der Waals surface area contributed by atoms with E-state index in [-0.39, 0.29) is 24.5 Å². The van der Waals surface area contributed by atoms with Crippen LogP contribution in [0.2, 0.25) is 0 Å². The molecule has 2 N–H and O–H groups in total. The Labute approximate surface area is 176 Å². The van der Waals surface area contributed by atoms with Crippen molar-refractivity contribution in [1.29, 1.82) is 0 Å². The number of nitrogens with zero attached hydrogens (tertiary/aromatic N) is 2. The molecule has 3 rings (SSSR count). The molecular weight excluding hydrogens is 476 g/mol. The first-order valence-corrected chi connectivity index (χ1v) is 9.67. The Kier molecular flexibility index (Phi) is 5.80. The van der Waals surface area contributed by atoms with Crippen LogP contribution in [0.15, 0.2) is 41.5 Å². The Morgan fingerprint density at radius 3 is 2.71 bits per heavy atom. The number of aliphatic hydroxyl groups is 1. The van der Waals surface area contributed by atoms with E-state index >= 15 is 0 Å². The van der Waals surface area contributed by atoms with Gasteiger partial charge in [-0.15, -0.1) is 0 Å². The zero-order valence-corrected chi connectivity index (χ0v) is 18.0. The number of pyridine rings is 1. The lowest BCUT2D eigenvalue weighted by Crippen LogP contribution is -2.31. The summed E-state index contributed by atoms with van der Waals surface area (Å²) in [4.78, 5) is 14.5. The van der Waals surface area contributed by atoms with E-state index in [0.29, 0.717) is 34.0 Å². The van der Waals surface area contributed by atoms with Gasteiger partial charge in [0.05, 0.1) is 23.5 Å². The molecule has 0 bridgehead atoms. The van der Waals surface area contributed by atoms with Crippen LogP contribution < -0.4 is 15.8 Å². The predicted octanol–water partition coefficient (Wildman–Crippen LogP) is 3.49. The minimum Gasteiger partial charge on any atom is -0.489 e. The largest absolute Gasteiger partial charge is 0.489 e. The van der Waals surface area contributed by atoms with Crippen molar-refractivity contribution in [3.8, 4) is 0 Å². The van der Waals surface area contributed by atoms with Crippen molar-refractivity contribution in [2.75, 3.05) is 30.5 Å². The van der Waals surface area contributed by atoms with Crippen LogP contribution in [0.4, 0.5) is 21.6 Å². The quantitative estimate of drug-likeness (QED) is 0.620. The Balaban J connectivity index is 2.20. The van der Waals surface area contributed by atoms with Crippen molar-refractivity contribution in [1.82, 2.24) is 4.57 Å². The number of aromatic nitrogens is 1. The van der Waals surface area contributed by atoms with Crippen LogP contribution in [0.3, 0.4) is 0 Å². The molecule has 0 amide bonds. The molecule has 148 valence electrons. The van der Waals surface area contributed by atoms with Gasteiger partial charge >= 0.3 is 0 Å². The molecule has 28 heavy (non-hydrogen) atoms. The number of aliphatic hydroxyl groups excluding tert-OH is 1. The summed E-state index contributed by atoms with van der Waals surface area (Å²) in [5, 5.41) is 12.2. The third-order valence-corrected chi connectivity index (χ3v) is 5.25. The second-order valence-electron chi connectivity index (χ2n) is 6.47. The monoisotopic (exact) mass is 497 g/mol. The maximum atomic E-state index is 14.4. The number of hydrogen-bond donors (Lipinski definition) is 2. The second-order valence-corrected chi connectivity index (χ2v) is 7.71. The maximum Gasteiger partial charge on any atom is 0.256 e. The van der Waals surface area contributed by atoms with Gasteiger partial charge in [0.1, 0.15) is 24.0 Å². The van der Waals surface area contributed by atoms with Gasteiger partial charge in [-0.05, 0) is 47.7 Å². The summed E-state index contributed by atoms with van der Waals surface area (Å²) in [5.74, 6) is 0.682. The van der Waals surface area contributed by atoms with E-state index in [9.17, 15) is 9.18 Å². The fourth-order valence-electron chi connectivity index (χ4n) is 3.22. The normalized spacial score (nSPS) is 13.3. The lowest BCUT2D eigenvalue weighted by atomic mass is 9.98. The van der Waals surface area contributed by atoms with Crippen LogP contribution in [0.25, 0.3) is 5.57 Å². The van der Waals surface area contributed by atoms with Gasteiger partial charge in [0, 0.05) is 35.0 Å². The molecule has 0 radical (unpaired) electrons. The van der Waals surface area contributed by atoms with E-state index in [4.69, 9.17) is 9.84 Å². The zero-order valence-electron chi connectivity index (χ0n) is 15.8. The molecule has 0 spiro atoms. The molecular formula is C20H21FIN3O3. The van der Waals surface area contributed by atoms with Crippen LogP contribution in [0, 0.1) is 16.3 Å². The van der Waals surface area contributed by atoms with Crippen LogP contribution in [-0.2, 0) is 11.8 Å². The van der Waals surface area contributed by atoms with E-state index in [1.807, 2.05) is 22.6 Å². The molecule has 1 aliphatic heterocycles. The first kappa shape index (κ1) is 20.4. The van der Waals surface area contributed by atoms with Gasteiger partial charge in [0.25, 0.3) is 5.56 Å². The predicted molar refractivity (Wildman–Crippen MR) is 117 cm³/mol. The first-order chi connectivity index (χ1) is 13.3. The molecule has 0 fully saturated rings. The highest BCUT2D eigenvalue weighted by atomic mass is 127. The molecule has 0 saturated heterocycles. The Bertz CT molecular complexity index is 1050. The Morgan fingerprint density at radius 2 is 2.07 bits per heavy atom. The molecule has 1 aromatic carbocycles. The lowest BCUT2D eigenvalue weighted by molar-refractivity contribution is 0.153. The van der Waals surface area contributed by atoms with E-state index in [1.165, 1.54) is 10.6 Å². The van der Waals surface area contributed by atoms with Gasteiger partial charge in [0.15, 0.2) is 0 Å². The Hall–Kier alpha value is -2.33. The van der Waals surface area contributed by atoms with Crippen molar-refractivity contribution in [2.24, 2.45) is 7.05 Å². The zero-order chi connectivity index (χ0) is 20.6. The van der Waals surface area contributed by atoms with E-state index < -0.39 is 5.82 Å². The number of fused-ring (bicyclic) bond motifs is 1. The average Bonchev–Trinajstić information content (AvgIpc) is 2.65. The number of anilines is 3. The van der Waals surface area contributed by atoms with Crippen molar-refractivity contribution in [3.63, 3.8) is 0 Å². The third-order valence-electron chi connectivity index (χ3n) is 4.58. The molecule has 0 saturated carbocycles. The highest BCUT2D eigenvalue weighted by Gasteiger charge is 2.28. The number of ether oxygens (including phenoxy) is 1. The number of halogens is 2. The highest BCUT2D eigenvalue weighted by molar-refractivity contribution is 14.1. The van der Waals surface area contributed by atoms with Crippen LogP contribution in [-0.4, -0.2) is 29.9 Å². The van der Waals surface area contributed by atoms with Crippen molar-refractivity contribution < 1.29 is 14.2 Å². The van der Waals surface area contributed by atoms with Crippen LogP contribution in [0.1, 0.15) is 11.1 Å². The van der Waals surface area contributed by atoms with Gasteiger partial charge < -0.3 is 20.1 Å². The lowest BCUT2D eigenvalue weighted by Gasteiger charge is -2.31. The van der Waals surface area contributed by atoms with Crippen LogP contribution >= 0.6 is 22.6 Å². The molecule has 6 nitrogen and oxygen atoms in total. The number of nitrogens with one attached hydrogen (secondary N) is 1. The van der Waals surface area contributed by atoms with E-state index in [2.05, 4.69) is 11.9 Å². The van der Waals surface area contributed by atoms with Gasteiger partial charge in [-0.2, -0.15) is 0 Å². The smallest absolute Gasteiger partial charge is 0.256 e. The summed E-state index contributed by atoms with van der Waals surface area (Å²) in [6.07, 6.45) is 1.71. The number of rotatable bonds is 5. The van der Waals surface area contributed by atoms with Gasteiger partial charge in [-0.1, -0.05) is 6.58 Å². The molecule has 2 heterocycles. The third kappa shape index (κ3) is 3.53. The van der Waals surface area contributed by atoms with E-state index in [0.717, 1.165) is 3.57 Å². The summed E-state index contributed by atoms with van der Waals surface area (Å²) in [6, 6.07) is 4.84. The van der Waals surface area contributed by atoms with Crippen molar-refractivity contribution >= 4 is 45.4 Å². The first-order valence-electron chi connectivity index (χ1n) is 8.59. The highest BCUT2D eigenvalue weighted by Crippen LogP contribution is 2.41. The number of benzene rings is 1. The summed E-state index contributed by atoms with van der Waals surface area (Å²) in [6.45, 7) is 5.80. The summed E-state index contributed by atoms with van der Waals surface area (Å²) in [5.41, 5.74) is 2.19. The van der Waals surface area contributed by atoms with E-state index in [1.54, 1.807) is 44.3 Å². The summed E-state index contributed by atoms with van der Waals surface area (Å²) in [7, 11) is 3.47. The molecule has 0 atom stereocenters. The van der Waals surface area contributed by atoms with Crippen LogP contribution in [0.5, 0.6) is 0 Å². The van der Waals surface area contributed by atoms with Gasteiger partial charge in [-0.3, -0.25) is 9.36 Å². The minimum atomic E-state index is -0.414. The standard InChI is InChI=1S/C20H21FIN3O3/c1-11-16(28-8-7-26)10-24(3)19-17(11)18(12(2)20(27)25(19)4)23-15-6-5-13(22)9-14(15)21/h5-6,9-10,23,26H,1,7-8H2,2-4H3. The number of allylic oxidation sites excluding steroid dienone is 1. The van der Waals surface area contributed by atoms with Gasteiger partial charge in [-0.25, -0.2) is 4.39 Å². The summed E-state index contributed by atoms with van der Waals surface area (Å²) < 4.78 is 22.4. The van der Waals surface area contributed by atoms with Gasteiger partial charge in [0.2, 0.25) is 0 Å².